The molecule has 0 aliphatic heterocycles. The van der Waals surface area contributed by atoms with Gasteiger partial charge in [-0.2, -0.15) is 0 Å². The third-order valence-corrected chi connectivity index (χ3v) is 3.69. The smallest absolute Gasteiger partial charge is 0.180 e. The molecule has 6 heteroatoms. The number of aromatic nitrogens is 2. The minimum absolute atomic E-state index is 0.544. The monoisotopic (exact) mass is 283 g/mol. The number of nitrogens with zero attached hydrogens (tertiary/aromatic N) is 1. The maximum Gasteiger partial charge on any atom is 0.180 e. The van der Waals surface area contributed by atoms with Gasteiger partial charge in [0.1, 0.15) is 0 Å². The summed E-state index contributed by atoms with van der Waals surface area (Å²) in [5.74, 6) is 0. The van der Waals surface area contributed by atoms with Crippen molar-refractivity contribution < 1.29 is 0 Å². The molecule has 3 rings (SSSR count). The second-order valence-electron chi connectivity index (χ2n) is 3.58. The first-order chi connectivity index (χ1) is 8.15. The molecule has 2 aromatic heterocycles. The van der Waals surface area contributed by atoms with Crippen LogP contribution in [-0.2, 0) is 0 Å². The molecule has 0 aliphatic rings. The summed E-state index contributed by atoms with van der Waals surface area (Å²) in [4.78, 5) is 7.38. The van der Waals surface area contributed by atoms with Crippen LogP contribution in [0.25, 0.3) is 22.2 Å². The lowest BCUT2D eigenvalue weighted by Gasteiger charge is -1.98. The number of nitrogens with one attached hydrogen (secondary N) is 1. The van der Waals surface area contributed by atoms with E-state index in [1.165, 1.54) is 11.3 Å². The zero-order valence-electron chi connectivity index (χ0n) is 8.50. The number of anilines is 1. The Morgan fingerprint density at radius 2 is 2.12 bits per heavy atom. The summed E-state index contributed by atoms with van der Waals surface area (Å²) in [6.07, 6.45) is 1.86. The third kappa shape index (κ3) is 1.78. The van der Waals surface area contributed by atoms with Gasteiger partial charge in [0.15, 0.2) is 5.13 Å². The molecular weight excluding hydrogens is 277 g/mol. The number of thiazole rings is 1. The Labute approximate surface area is 111 Å². The summed E-state index contributed by atoms with van der Waals surface area (Å²) < 4.78 is 0. The molecule has 17 heavy (non-hydrogen) atoms. The molecule has 1 aromatic carbocycles. The zero-order chi connectivity index (χ0) is 12.0. The summed E-state index contributed by atoms with van der Waals surface area (Å²) in [5, 5.41) is 4.61. The van der Waals surface area contributed by atoms with Crippen LogP contribution in [-0.4, -0.2) is 9.97 Å². The van der Waals surface area contributed by atoms with Crippen molar-refractivity contribution in [3.63, 3.8) is 0 Å². The Morgan fingerprint density at radius 3 is 2.82 bits per heavy atom. The van der Waals surface area contributed by atoms with Crippen LogP contribution in [0.1, 0.15) is 0 Å². The Balaban J connectivity index is 2.31. The Morgan fingerprint density at radius 1 is 1.29 bits per heavy atom. The van der Waals surface area contributed by atoms with Crippen molar-refractivity contribution >= 4 is 50.6 Å². The molecule has 3 aromatic rings. The fraction of sp³-hybridized carbons (Fsp3) is 0. The Kier molecular flexibility index (Phi) is 2.50. The van der Waals surface area contributed by atoms with Crippen molar-refractivity contribution in [2.24, 2.45) is 0 Å². The number of H-pyrrole nitrogens is 1. The van der Waals surface area contributed by atoms with Crippen LogP contribution in [0.2, 0.25) is 10.0 Å². The summed E-state index contributed by atoms with van der Waals surface area (Å²) in [7, 11) is 0. The zero-order valence-corrected chi connectivity index (χ0v) is 10.8. The quantitative estimate of drug-likeness (QED) is 0.704. The van der Waals surface area contributed by atoms with Crippen molar-refractivity contribution in [3.8, 4) is 11.3 Å². The SMILES string of the molecule is Nc1nc(-c2c[nH]c3c(Cl)cc(Cl)cc23)cs1. The summed E-state index contributed by atoms with van der Waals surface area (Å²) in [6.45, 7) is 0. The molecule has 0 atom stereocenters. The lowest BCUT2D eigenvalue weighted by molar-refractivity contribution is 1.41. The lowest BCUT2D eigenvalue weighted by atomic mass is 10.1. The molecular formula is C11H7Cl2N3S. The molecule has 3 N–H and O–H groups in total. The second kappa shape index (κ2) is 3.91. The fourth-order valence-corrected chi connectivity index (χ4v) is 2.89. The molecule has 0 bridgehead atoms. The number of fused-ring (bicyclic) bond motifs is 1. The van der Waals surface area contributed by atoms with E-state index in [0.29, 0.717) is 15.2 Å². The van der Waals surface area contributed by atoms with E-state index in [2.05, 4.69) is 9.97 Å². The van der Waals surface area contributed by atoms with Crippen molar-refractivity contribution in [1.82, 2.24) is 9.97 Å². The number of nitrogens with two attached hydrogens (primary N) is 1. The molecule has 86 valence electrons. The van der Waals surface area contributed by atoms with Crippen molar-refractivity contribution in [1.29, 1.82) is 0 Å². The number of nitrogen functional groups attached to an aromatic ring is 1. The van der Waals surface area contributed by atoms with Crippen LogP contribution in [0.4, 0.5) is 5.13 Å². The minimum atomic E-state index is 0.544. The fourth-order valence-electron chi connectivity index (χ4n) is 1.78. The highest BCUT2D eigenvalue weighted by Crippen LogP contribution is 2.35. The van der Waals surface area contributed by atoms with Gasteiger partial charge in [-0.1, -0.05) is 23.2 Å². The standard InChI is InChI=1S/C11H7Cl2N3S/c12-5-1-6-7(9-4-17-11(14)16-9)3-15-10(6)8(13)2-5/h1-4,15H,(H2,14,16). The predicted octanol–water partition coefficient (Wildman–Crippen LogP) is 4.18. The number of aromatic amines is 1. The van der Waals surface area contributed by atoms with Gasteiger partial charge in [-0.3, -0.25) is 0 Å². The van der Waals surface area contributed by atoms with E-state index in [0.717, 1.165) is 22.2 Å². The van der Waals surface area contributed by atoms with E-state index in [-0.39, 0.29) is 0 Å². The van der Waals surface area contributed by atoms with Gasteiger partial charge >= 0.3 is 0 Å². The van der Waals surface area contributed by atoms with Crippen molar-refractivity contribution in [3.05, 3.63) is 33.8 Å². The van der Waals surface area contributed by atoms with Gasteiger partial charge in [0, 0.05) is 27.5 Å². The molecule has 2 heterocycles. The van der Waals surface area contributed by atoms with Crippen molar-refractivity contribution in [2.75, 3.05) is 5.73 Å². The van der Waals surface area contributed by atoms with Crippen LogP contribution in [0.15, 0.2) is 23.7 Å². The number of benzene rings is 1. The van der Waals surface area contributed by atoms with E-state index in [4.69, 9.17) is 28.9 Å². The Bertz CT molecular complexity index is 702. The van der Waals surface area contributed by atoms with Crippen LogP contribution < -0.4 is 5.73 Å². The number of hydrogen-bond donors (Lipinski definition) is 2. The third-order valence-electron chi connectivity index (χ3n) is 2.50. The highest BCUT2D eigenvalue weighted by atomic mass is 35.5. The van der Waals surface area contributed by atoms with E-state index >= 15 is 0 Å². The van der Waals surface area contributed by atoms with Crippen LogP contribution in [0.3, 0.4) is 0 Å². The molecule has 0 spiro atoms. The van der Waals surface area contributed by atoms with Gasteiger partial charge in [-0.05, 0) is 12.1 Å². The van der Waals surface area contributed by atoms with E-state index in [1.807, 2.05) is 17.6 Å². The van der Waals surface area contributed by atoms with E-state index < -0.39 is 0 Å². The predicted molar refractivity (Wildman–Crippen MR) is 73.8 cm³/mol. The molecule has 0 aliphatic carbocycles. The van der Waals surface area contributed by atoms with Gasteiger partial charge in [-0.15, -0.1) is 11.3 Å². The first-order valence-electron chi connectivity index (χ1n) is 4.82. The van der Waals surface area contributed by atoms with Crippen LogP contribution in [0, 0.1) is 0 Å². The highest BCUT2D eigenvalue weighted by Gasteiger charge is 2.12. The number of hydrogen-bond acceptors (Lipinski definition) is 3. The molecule has 0 fully saturated rings. The van der Waals surface area contributed by atoms with Gasteiger partial charge in [0.2, 0.25) is 0 Å². The first kappa shape index (κ1) is 10.9. The lowest BCUT2D eigenvalue weighted by Crippen LogP contribution is -1.82. The second-order valence-corrected chi connectivity index (χ2v) is 5.32. The van der Waals surface area contributed by atoms with Gasteiger partial charge in [0.25, 0.3) is 0 Å². The van der Waals surface area contributed by atoms with Crippen LogP contribution >= 0.6 is 34.5 Å². The molecule has 0 saturated carbocycles. The first-order valence-corrected chi connectivity index (χ1v) is 6.46. The minimum Gasteiger partial charge on any atom is -0.375 e. The van der Waals surface area contributed by atoms with E-state index in [1.54, 1.807) is 6.07 Å². The molecule has 0 unspecified atom stereocenters. The molecule has 0 saturated heterocycles. The summed E-state index contributed by atoms with van der Waals surface area (Å²) in [5.41, 5.74) is 8.28. The maximum absolute atomic E-state index is 6.11. The Hall–Kier alpha value is -1.23. The molecule has 3 nitrogen and oxygen atoms in total. The number of rotatable bonds is 1. The maximum atomic E-state index is 6.11. The summed E-state index contributed by atoms with van der Waals surface area (Å²) in [6, 6.07) is 3.57. The summed E-state index contributed by atoms with van der Waals surface area (Å²) >= 11 is 13.5. The van der Waals surface area contributed by atoms with Crippen molar-refractivity contribution in [2.45, 2.75) is 0 Å². The normalized spacial score (nSPS) is 11.2. The number of halogens is 2. The van der Waals surface area contributed by atoms with E-state index in [9.17, 15) is 0 Å². The molecule has 0 radical (unpaired) electrons. The average molecular weight is 284 g/mol. The van der Waals surface area contributed by atoms with Crippen LogP contribution in [0.5, 0.6) is 0 Å². The highest BCUT2D eigenvalue weighted by molar-refractivity contribution is 7.13. The largest absolute Gasteiger partial charge is 0.375 e. The average Bonchev–Trinajstić information content (AvgIpc) is 2.83. The van der Waals surface area contributed by atoms with Gasteiger partial charge < -0.3 is 10.7 Å². The molecule has 0 amide bonds. The van der Waals surface area contributed by atoms with Gasteiger partial charge in [0.05, 0.1) is 16.2 Å². The van der Waals surface area contributed by atoms with Gasteiger partial charge in [-0.25, -0.2) is 4.98 Å². The topological polar surface area (TPSA) is 54.7 Å².